The Kier molecular flexibility index (Phi) is 5.36. The lowest BCUT2D eigenvalue weighted by Crippen LogP contribution is -2.24. The maximum atomic E-state index is 11.7. The number of benzene rings is 1. The third-order valence-corrected chi connectivity index (χ3v) is 2.75. The number of amides is 1. The van der Waals surface area contributed by atoms with E-state index in [1.165, 1.54) is 0 Å². The van der Waals surface area contributed by atoms with E-state index in [4.69, 9.17) is 4.74 Å². The summed E-state index contributed by atoms with van der Waals surface area (Å²) < 4.78 is 5.53. The molecule has 4 heteroatoms. The average Bonchev–Trinajstić information content (AvgIpc) is 2.53. The number of hydrogen-bond acceptors (Lipinski definition) is 3. The van der Waals surface area contributed by atoms with Gasteiger partial charge in [0.1, 0.15) is 18.1 Å². The van der Waals surface area contributed by atoms with Crippen LogP contribution in [0.1, 0.15) is 16.1 Å². The largest absolute Gasteiger partial charge is 0.481 e. The third-order valence-electron chi connectivity index (χ3n) is 2.75. The van der Waals surface area contributed by atoms with Gasteiger partial charge in [0.25, 0.3) is 5.91 Å². The zero-order chi connectivity index (χ0) is 14.9. The van der Waals surface area contributed by atoms with E-state index in [9.17, 15) is 4.79 Å². The van der Waals surface area contributed by atoms with Crippen molar-refractivity contribution in [2.75, 3.05) is 13.2 Å². The van der Waals surface area contributed by atoms with Crippen LogP contribution in [0.5, 0.6) is 5.75 Å². The third kappa shape index (κ3) is 4.66. The molecule has 1 N–H and O–H groups in total. The molecule has 21 heavy (non-hydrogen) atoms. The van der Waals surface area contributed by atoms with Crippen molar-refractivity contribution >= 4 is 5.91 Å². The number of pyridine rings is 1. The molecule has 2 rings (SSSR count). The monoisotopic (exact) mass is 280 g/mol. The summed E-state index contributed by atoms with van der Waals surface area (Å²) in [4.78, 5) is 15.6. The molecular formula is C17H16N2O2. The lowest BCUT2D eigenvalue weighted by atomic mass is 10.2. The van der Waals surface area contributed by atoms with Gasteiger partial charge >= 0.3 is 0 Å². The Hall–Kier alpha value is -2.80. The number of carbonyl (C=O) groups is 1. The van der Waals surface area contributed by atoms with Crippen LogP contribution in [0.3, 0.4) is 0 Å². The predicted molar refractivity (Wildman–Crippen MR) is 81.0 cm³/mol. The van der Waals surface area contributed by atoms with E-state index >= 15 is 0 Å². The molecular weight excluding hydrogens is 264 g/mol. The van der Waals surface area contributed by atoms with E-state index in [1.807, 2.05) is 31.2 Å². The highest BCUT2D eigenvalue weighted by Gasteiger charge is 2.03. The summed E-state index contributed by atoms with van der Waals surface area (Å²) >= 11 is 0. The minimum Gasteiger partial charge on any atom is -0.481 e. The molecule has 0 fully saturated rings. The van der Waals surface area contributed by atoms with E-state index in [0.29, 0.717) is 12.3 Å². The molecule has 2 aromatic rings. The van der Waals surface area contributed by atoms with Crippen molar-refractivity contribution in [3.8, 4) is 17.6 Å². The zero-order valence-electron chi connectivity index (χ0n) is 11.8. The Morgan fingerprint density at radius 3 is 2.76 bits per heavy atom. The fraction of sp³-hybridized carbons (Fsp3) is 0.176. The highest BCUT2D eigenvalue weighted by molar-refractivity contribution is 5.92. The second kappa shape index (κ2) is 7.71. The van der Waals surface area contributed by atoms with Crippen molar-refractivity contribution in [1.82, 2.24) is 10.3 Å². The maximum absolute atomic E-state index is 11.7. The SMILES string of the molecule is Cc1ccccc1OCC#CCNC(=O)c1ccccn1. The highest BCUT2D eigenvalue weighted by Crippen LogP contribution is 2.15. The van der Waals surface area contributed by atoms with Crippen molar-refractivity contribution in [2.45, 2.75) is 6.92 Å². The van der Waals surface area contributed by atoms with Crippen molar-refractivity contribution in [1.29, 1.82) is 0 Å². The van der Waals surface area contributed by atoms with E-state index in [2.05, 4.69) is 22.1 Å². The minimum absolute atomic E-state index is 0.232. The van der Waals surface area contributed by atoms with Crippen molar-refractivity contribution < 1.29 is 9.53 Å². The summed E-state index contributed by atoms with van der Waals surface area (Å²) in [5.41, 5.74) is 1.46. The van der Waals surface area contributed by atoms with Crippen molar-refractivity contribution in [3.63, 3.8) is 0 Å². The Balaban J connectivity index is 1.73. The van der Waals surface area contributed by atoms with Crippen LogP contribution in [0.25, 0.3) is 0 Å². The quantitative estimate of drug-likeness (QED) is 0.874. The van der Waals surface area contributed by atoms with Crippen LogP contribution in [0.15, 0.2) is 48.7 Å². The molecule has 4 nitrogen and oxygen atoms in total. The summed E-state index contributed by atoms with van der Waals surface area (Å²) in [7, 11) is 0. The van der Waals surface area contributed by atoms with Gasteiger partial charge in [-0.25, -0.2) is 0 Å². The van der Waals surface area contributed by atoms with Gasteiger partial charge in [0.15, 0.2) is 0 Å². The second-order valence-corrected chi connectivity index (χ2v) is 4.31. The number of hydrogen-bond donors (Lipinski definition) is 1. The van der Waals surface area contributed by atoms with Crippen molar-refractivity contribution in [3.05, 3.63) is 59.9 Å². The van der Waals surface area contributed by atoms with Crippen molar-refractivity contribution in [2.24, 2.45) is 0 Å². The molecule has 1 heterocycles. The van der Waals surface area contributed by atoms with Gasteiger partial charge in [-0.2, -0.15) is 0 Å². The number of ether oxygens (including phenoxy) is 1. The molecule has 0 aliphatic rings. The second-order valence-electron chi connectivity index (χ2n) is 4.31. The fourth-order valence-electron chi connectivity index (χ4n) is 1.66. The summed E-state index contributed by atoms with van der Waals surface area (Å²) in [5, 5.41) is 2.68. The van der Waals surface area contributed by atoms with Gasteiger partial charge in [-0.05, 0) is 30.7 Å². The lowest BCUT2D eigenvalue weighted by molar-refractivity contribution is 0.0953. The lowest BCUT2D eigenvalue weighted by Gasteiger charge is -2.04. The van der Waals surface area contributed by atoms with Gasteiger partial charge in [0.2, 0.25) is 0 Å². The van der Waals surface area contributed by atoms with Crippen LogP contribution in [0, 0.1) is 18.8 Å². The van der Waals surface area contributed by atoms with Gasteiger partial charge in [-0.15, -0.1) is 0 Å². The Morgan fingerprint density at radius 2 is 2.00 bits per heavy atom. The van der Waals surface area contributed by atoms with Crippen LogP contribution in [0.2, 0.25) is 0 Å². The van der Waals surface area contributed by atoms with Gasteiger partial charge in [0, 0.05) is 6.20 Å². The molecule has 1 amide bonds. The normalized spacial score (nSPS) is 9.38. The number of aromatic nitrogens is 1. The van der Waals surface area contributed by atoms with E-state index in [0.717, 1.165) is 11.3 Å². The van der Waals surface area contributed by atoms with E-state index in [-0.39, 0.29) is 12.5 Å². The first-order chi connectivity index (χ1) is 10.3. The van der Waals surface area contributed by atoms with Gasteiger partial charge in [-0.3, -0.25) is 9.78 Å². The van der Waals surface area contributed by atoms with Gasteiger partial charge in [0.05, 0.1) is 6.54 Å². The summed E-state index contributed by atoms with van der Waals surface area (Å²) in [5.74, 6) is 6.29. The average molecular weight is 280 g/mol. The number of nitrogens with one attached hydrogen (secondary N) is 1. The van der Waals surface area contributed by atoms with Gasteiger partial charge < -0.3 is 10.1 Å². The van der Waals surface area contributed by atoms with Crippen LogP contribution in [0.4, 0.5) is 0 Å². The van der Waals surface area contributed by atoms with Gasteiger partial charge in [-0.1, -0.05) is 36.1 Å². The summed E-state index contributed by atoms with van der Waals surface area (Å²) in [6, 6.07) is 13.0. The molecule has 0 unspecified atom stereocenters. The van der Waals surface area contributed by atoms with E-state index in [1.54, 1.807) is 24.4 Å². The molecule has 0 saturated heterocycles. The Bertz CT molecular complexity index is 657. The minimum atomic E-state index is -0.232. The Labute approximate surface area is 124 Å². The molecule has 0 spiro atoms. The van der Waals surface area contributed by atoms with Crippen LogP contribution in [-0.4, -0.2) is 24.0 Å². The topological polar surface area (TPSA) is 51.2 Å². The predicted octanol–water partition coefficient (Wildman–Crippen LogP) is 2.20. The first kappa shape index (κ1) is 14.6. The van der Waals surface area contributed by atoms with Crippen LogP contribution >= 0.6 is 0 Å². The molecule has 0 aliphatic heterocycles. The molecule has 1 aromatic carbocycles. The first-order valence-electron chi connectivity index (χ1n) is 6.61. The molecule has 0 bridgehead atoms. The molecule has 106 valence electrons. The highest BCUT2D eigenvalue weighted by atomic mass is 16.5. The number of para-hydroxylation sites is 1. The first-order valence-corrected chi connectivity index (χ1v) is 6.61. The number of aryl methyl sites for hydroxylation is 1. The Morgan fingerprint density at radius 1 is 1.19 bits per heavy atom. The smallest absolute Gasteiger partial charge is 0.270 e. The fourth-order valence-corrected chi connectivity index (χ4v) is 1.66. The maximum Gasteiger partial charge on any atom is 0.270 e. The van der Waals surface area contributed by atoms with Crippen LogP contribution in [-0.2, 0) is 0 Å². The summed E-state index contributed by atoms with van der Waals surface area (Å²) in [6.07, 6.45) is 1.58. The molecule has 0 saturated carbocycles. The standard InChI is InChI=1S/C17H16N2O2/c1-14-8-2-3-10-16(14)21-13-7-6-12-19-17(20)15-9-4-5-11-18-15/h2-5,8-11H,12-13H2,1H3,(H,19,20). The summed E-state index contributed by atoms with van der Waals surface area (Å²) in [6.45, 7) is 2.55. The molecule has 1 aromatic heterocycles. The zero-order valence-corrected chi connectivity index (χ0v) is 11.8. The van der Waals surface area contributed by atoms with E-state index < -0.39 is 0 Å². The number of nitrogens with zero attached hydrogens (tertiary/aromatic N) is 1. The molecule has 0 aliphatic carbocycles. The van der Waals surface area contributed by atoms with Crippen LogP contribution < -0.4 is 10.1 Å². The molecule has 0 radical (unpaired) electrons. The number of carbonyl (C=O) groups excluding carboxylic acids is 1. The molecule has 0 atom stereocenters. The number of rotatable bonds is 4.